The van der Waals surface area contributed by atoms with E-state index in [9.17, 15) is 0 Å². The van der Waals surface area contributed by atoms with Crippen molar-refractivity contribution in [3.05, 3.63) is 0 Å². The summed E-state index contributed by atoms with van der Waals surface area (Å²) in [6.45, 7) is 2.94. The highest BCUT2D eigenvalue weighted by atomic mass is 15.2. The average Bonchev–Trinajstić information content (AvgIpc) is 2.67. The molecule has 1 saturated heterocycles. The van der Waals surface area contributed by atoms with Gasteiger partial charge in [0.2, 0.25) is 0 Å². The molecule has 4 bridgehead atoms. The third kappa shape index (κ3) is 2.30. The Morgan fingerprint density at radius 2 is 1.43 bits per heavy atom. The number of nitrogens with zero attached hydrogens (tertiary/aromatic N) is 1. The number of hydrogen-bond acceptors (Lipinski definition) is 1. The van der Waals surface area contributed by atoms with Crippen LogP contribution in [0.15, 0.2) is 0 Å². The fourth-order valence-electron chi connectivity index (χ4n) is 7.79. The summed E-state index contributed by atoms with van der Waals surface area (Å²) in [7, 11) is 0. The van der Waals surface area contributed by atoms with Crippen LogP contribution in [-0.4, -0.2) is 24.0 Å². The molecule has 0 N–H and O–H groups in total. The van der Waals surface area contributed by atoms with Gasteiger partial charge in [-0.25, -0.2) is 0 Å². The molecule has 0 spiro atoms. The zero-order chi connectivity index (χ0) is 13.9. The third-order valence-corrected chi connectivity index (χ3v) is 8.08. The number of fused-ring (bicyclic) bond motifs is 1. The minimum atomic E-state index is 0.774. The molecule has 1 heteroatoms. The summed E-state index contributed by atoms with van der Waals surface area (Å²) in [6, 6.07) is 0.987. The van der Waals surface area contributed by atoms with Crippen molar-refractivity contribution in [1.82, 2.24) is 4.90 Å². The van der Waals surface area contributed by atoms with Crippen LogP contribution in [0.2, 0.25) is 0 Å². The van der Waals surface area contributed by atoms with E-state index in [1.165, 1.54) is 45.2 Å². The van der Waals surface area contributed by atoms with Crippen molar-refractivity contribution in [3.8, 4) is 0 Å². The van der Waals surface area contributed by atoms with Gasteiger partial charge in [0.25, 0.3) is 0 Å². The largest absolute Gasteiger partial charge is 0.300 e. The third-order valence-electron chi connectivity index (χ3n) is 8.08. The molecular weight excluding hydrogens is 254 g/mol. The molecule has 21 heavy (non-hydrogen) atoms. The van der Waals surface area contributed by atoms with Gasteiger partial charge in [-0.1, -0.05) is 19.3 Å². The van der Waals surface area contributed by atoms with Crippen LogP contribution in [-0.2, 0) is 0 Å². The lowest BCUT2D eigenvalue weighted by Gasteiger charge is -2.58. The first-order valence-corrected chi connectivity index (χ1v) is 10.0. The maximum Gasteiger partial charge on any atom is 0.0124 e. The normalized spacial score (nSPS) is 52.9. The van der Waals surface area contributed by atoms with Crippen LogP contribution in [0, 0.1) is 29.1 Å². The van der Waals surface area contributed by atoms with Crippen molar-refractivity contribution in [1.29, 1.82) is 0 Å². The maximum atomic E-state index is 3.00. The Balaban J connectivity index is 1.33. The molecule has 1 aliphatic heterocycles. The van der Waals surface area contributed by atoms with Gasteiger partial charge in [-0.15, -0.1) is 0 Å². The van der Waals surface area contributed by atoms with E-state index < -0.39 is 0 Å². The first kappa shape index (κ1) is 13.4. The van der Waals surface area contributed by atoms with Gasteiger partial charge < -0.3 is 0 Å². The predicted octanol–water partition coefficient (Wildman–Crippen LogP) is 4.86. The van der Waals surface area contributed by atoms with E-state index in [2.05, 4.69) is 4.90 Å². The van der Waals surface area contributed by atoms with Crippen LogP contribution >= 0.6 is 0 Å². The highest BCUT2D eigenvalue weighted by Crippen LogP contribution is 2.60. The summed E-state index contributed by atoms with van der Waals surface area (Å²) in [4.78, 5) is 3.00. The Morgan fingerprint density at radius 3 is 2.14 bits per heavy atom. The second-order valence-corrected chi connectivity index (χ2v) is 9.64. The SMILES string of the molecule is C1CC[C@H]2CCN(CC34CC5CC(CC(C5)C3)C4)[C@@H]2CC1. The minimum absolute atomic E-state index is 0.774. The van der Waals surface area contributed by atoms with E-state index in [1.54, 1.807) is 44.9 Å². The summed E-state index contributed by atoms with van der Waals surface area (Å²) in [5, 5.41) is 0. The second kappa shape index (κ2) is 4.98. The monoisotopic (exact) mass is 287 g/mol. The van der Waals surface area contributed by atoms with E-state index in [0.717, 1.165) is 35.1 Å². The molecule has 2 atom stereocenters. The fourth-order valence-corrected chi connectivity index (χ4v) is 7.79. The van der Waals surface area contributed by atoms with Crippen LogP contribution in [0.25, 0.3) is 0 Å². The van der Waals surface area contributed by atoms with Crippen molar-refractivity contribution in [3.63, 3.8) is 0 Å². The van der Waals surface area contributed by atoms with Crippen molar-refractivity contribution < 1.29 is 0 Å². The summed E-state index contributed by atoms with van der Waals surface area (Å²) in [5.41, 5.74) is 0.774. The molecule has 5 aliphatic carbocycles. The Labute approximate surface area is 130 Å². The highest BCUT2D eigenvalue weighted by molar-refractivity contribution is 5.04. The molecule has 6 rings (SSSR count). The van der Waals surface area contributed by atoms with E-state index in [4.69, 9.17) is 0 Å². The molecule has 118 valence electrons. The van der Waals surface area contributed by atoms with Gasteiger partial charge in [-0.3, -0.25) is 4.90 Å². The Kier molecular flexibility index (Phi) is 3.18. The first-order chi connectivity index (χ1) is 10.3. The lowest BCUT2D eigenvalue weighted by atomic mass is 9.49. The van der Waals surface area contributed by atoms with Gasteiger partial charge in [0.1, 0.15) is 0 Å². The standard InChI is InChI=1S/C20H33N/c1-2-4-18-6-7-21(19(18)5-3-1)14-20-11-15-8-16(12-20)10-17(9-15)13-20/h15-19H,1-14H2/t15?,16?,17?,18-,19+,20?/m0/s1. The van der Waals surface area contributed by atoms with E-state index in [1.807, 2.05) is 0 Å². The van der Waals surface area contributed by atoms with Crippen molar-refractivity contribution in [2.24, 2.45) is 29.1 Å². The lowest BCUT2D eigenvalue weighted by Crippen LogP contribution is -2.52. The number of likely N-dealkylation sites (tertiary alicyclic amines) is 1. The molecule has 0 amide bonds. The fraction of sp³-hybridized carbons (Fsp3) is 1.00. The van der Waals surface area contributed by atoms with Crippen LogP contribution in [0.1, 0.15) is 77.0 Å². The van der Waals surface area contributed by atoms with Crippen molar-refractivity contribution >= 4 is 0 Å². The number of rotatable bonds is 2. The molecular formula is C20H33N. The quantitative estimate of drug-likeness (QED) is 0.701. The summed E-state index contributed by atoms with van der Waals surface area (Å²) < 4.78 is 0. The van der Waals surface area contributed by atoms with Gasteiger partial charge >= 0.3 is 0 Å². The molecule has 0 aromatic heterocycles. The molecule has 0 unspecified atom stereocenters. The Hall–Kier alpha value is -0.0400. The molecule has 6 aliphatic rings. The Morgan fingerprint density at radius 1 is 0.762 bits per heavy atom. The van der Waals surface area contributed by atoms with E-state index in [-0.39, 0.29) is 0 Å². The molecule has 1 nitrogen and oxygen atoms in total. The molecule has 0 aromatic rings. The average molecular weight is 287 g/mol. The minimum Gasteiger partial charge on any atom is -0.300 e. The van der Waals surface area contributed by atoms with Gasteiger partial charge in [-0.2, -0.15) is 0 Å². The molecule has 1 heterocycles. The van der Waals surface area contributed by atoms with Crippen molar-refractivity contribution in [2.75, 3.05) is 13.1 Å². The molecule has 6 fully saturated rings. The molecule has 0 radical (unpaired) electrons. The molecule has 5 saturated carbocycles. The Bertz CT molecular complexity index is 365. The second-order valence-electron chi connectivity index (χ2n) is 9.64. The maximum absolute atomic E-state index is 3.00. The van der Waals surface area contributed by atoms with Crippen LogP contribution in [0.3, 0.4) is 0 Å². The van der Waals surface area contributed by atoms with Gasteiger partial charge in [-0.05, 0) is 93.4 Å². The molecule has 0 aromatic carbocycles. The zero-order valence-electron chi connectivity index (χ0n) is 13.7. The van der Waals surface area contributed by atoms with Gasteiger partial charge in [0, 0.05) is 12.6 Å². The summed E-state index contributed by atoms with van der Waals surface area (Å²) >= 11 is 0. The topological polar surface area (TPSA) is 3.24 Å². The van der Waals surface area contributed by atoms with Gasteiger partial charge in [0.05, 0.1) is 0 Å². The summed E-state index contributed by atoms with van der Waals surface area (Å²) in [5.74, 6) is 4.46. The summed E-state index contributed by atoms with van der Waals surface area (Å²) in [6.07, 6.45) is 18.8. The van der Waals surface area contributed by atoms with E-state index >= 15 is 0 Å². The predicted molar refractivity (Wildman–Crippen MR) is 87.2 cm³/mol. The lowest BCUT2D eigenvalue weighted by molar-refractivity contribution is -0.0718. The smallest absolute Gasteiger partial charge is 0.0124 e. The van der Waals surface area contributed by atoms with E-state index in [0.29, 0.717) is 0 Å². The highest BCUT2D eigenvalue weighted by Gasteiger charge is 2.52. The number of hydrogen-bond donors (Lipinski definition) is 0. The van der Waals surface area contributed by atoms with Crippen LogP contribution in [0.5, 0.6) is 0 Å². The van der Waals surface area contributed by atoms with Crippen molar-refractivity contribution in [2.45, 2.75) is 83.1 Å². The van der Waals surface area contributed by atoms with Crippen LogP contribution < -0.4 is 0 Å². The first-order valence-electron chi connectivity index (χ1n) is 10.0. The van der Waals surface area contributed by atoms with Crippen LogP contribution in [0.4, 0.5) is 0 Å². The van der Waals surface area contributed by atoms with Gasteiger partial charge in [0.15, 0.2) is 0 Å². The zero-order valence-corrected chi connectivity index (χ0v) is 13.7.